The van der Waals surface area contributed by atoms with E-state index in [0.717, 1.165) is 24.0 Å². The maximum Gasteiger partial charge on any atom is 0.209 e. The van der Waals surface area contributed by atoms with Gasteiger partial charge in [0.15, 0.2) is 0 Å². The van der Waals surface area contributed by atoms with E-state index in [2.05, 4.69) is 45.1 Å². The van der Waals surface area contributed by atoms with E-state index in [-0.39, 0.29) is 0 Å². The molecular formula is C13H17N5S. The van der Waals surface area contributed by atoms with Crippen LogP contribution >= 0.6 is 11.8 Å². The van der Waals surface area contributed by atoms with Crippen molar-refractivity contribution in [3.63, 3.8) is 0 Å². The van der Waals surface area contributed by atoms with Crippen molar-refractivity contribution in [3.05, 3.63) is 35.4 Å². The predicted octanol–water partition coefficient (Wildman–Crippen LogP) is 1.32. The first-order valence-electron chi connectivity index (χ1n) is 6.50. The van der Waals surface area contributed by atoms with Crippen molar-refractivity contribution in [2.24, 2.45) is 0 Å². The minimum Gasteiger partial charge on any atom is -0.318 e. The van der Waals surface area contributed by atoms with Crippen LogP contribution in [-0.4, -0.2) is 39.6 Å². The molecule has 1 aliphatic carbocycles. The molecule has 1 aromatic carbocycles. The molecule has 0 amide bonds. The average Bonchev–Trinajstić information content (AvgIpc) is 2.85. The Hall–Kier alpha value is -1.40. The van der Waals surface area contributed by atoms with Gasteiger partial charge in [0, 0.05) is 12.3 Å². The van der Waals surface area contributed by atoms with Gasteiger partial charge in [-0.1, -0.05) is 36.0 Å². The van der Waals surface area contributed by atoms with Gasteiger partial charge in [0.2, 0.25) is 5.16 Å². The highest BCUT2D eigenvalue weighted by atomic mass is 32.2. The first-order chi connectivity index (χ1) is 9.38. The Kier molecular flexibility index (Phi) is 3.79. The number of nitrogens with one attached hydrogen (secondary N) is 1. The molecule has 1 aromatic heterocycles. The fourth-order valence-electron chi connectivity index (χ4n) is 2.34. The molecule has 0 radical (unpaired) electrons. The van der Waals surface area contributed by atoms with Gasteiger partial charge >= 0.3 is 0 Å². The highest BCUT2D eigenvalue weighted by molar-refractivity contribution is 7.99. The van der Waals surface area contributed by atoms with Crippen molar-refractivity contribution in [1.29, 1.82) is 0 Å². The fraction of sp³-hybridized carbons (Fsp3) is 0.462. The predicted molar refractivity (Wildman–Crippen MR) is 75.4 cm³/mol. The van der Waals surface area contributed by atoms with Crippen LogP contribution in [0, 0.1) is 0 Å². The SMILES string of the molecule is CNCCn1nnnc1SCC1Cc2ccccc21. The normalized spacial score (nSPS) is 17.0. The molecule has 19 heavy (non-hydrogen) atoms. The molecule has 3 rings (SSSR count). The fourth-order valence-corrected chi connectivity index (χ4v) is 3.36. The molecule has 0 spiro atoms. The van der Waals surface area contributed by atoms with Crippen molar-refractivity contribution in [2.75, 3.05) is 19.3 Å². The molecule has 0 aliphatic heterocycles. The Morgan fingerprint density at radius 2 is 2.32 bits per heavy atom. The highest BCUT2D eigenvalue weighted by Crippen LogP contribution is 2.38. The molecule has 1 aliphatic rings. The van der Waals surface area contributed by atoms with E-state index < -0.39 is 0 Å². The van der Waals surface area contributed by atoms with Crippen LogP contribution in [0.2, 0.25) is 0 Å². The molecule has 2 aromatic rings. The van der Waals surface area contributed by atoms with Gasteiger partial charge in [-0.15, -0.1) is 5.10 Å². The standard InChI is InChI=1S/C13H17N5S/c1-14-6-7-18-13(15-16-17-18)19-9-11-8-10-4-2-3-5-12(10)11/h2-5,11,14H,6-9H2,1H3. The molecule has 0 fully saturated rings. The van der Waals surface area contributed by atoms with Crippen molar-refractivity contribution >= 4 is 11.8 Å². The second-order valence-corrected chi connectivity index (χ2v) is 5.69. The second kappa shape index (κ2) is 5.71. The van der Waals surface area contributed by atoms with Gasteiger partial charge in [-0.3, -0.25) is 0 Å². The molecule has 1 unspecified atom stereocenters. The Morgan fingerprint density at radius 1 is 1.42 bits per heavy atom. The third-order valence-electron chi connectivity index (χ3n) is 3.45. The van der Waals surface area contributed by atoms with Crippen LogP contribution in [0.5, 0.6) is 0 Å². The van der Waals surface area contributed by atoms with Crippen LogP contribution < -0.4 is 5.32 Å². The van der Waals surface area contributed by atoms with Gasteiger partial charge in [-0.2, -0.15) is 0 Å². The van der Waals surface area contributed by atoms with Crippen LogP contribution in [0.4, 0.5) is 0 Å². The summed E-state index contributed by atoms with van der Waals surface area (Å²) in [4.78, 5) is 0. The summed E-state index contributed by atoms with van der Waals surface area (Å²) < 4.78 is 1.87. The lowest BCUT2D eigenvalue weighted by Gasteiger charge is -2.29. The van der Waals surface area contributed by atoms with Crippen molar-refractivity contribution in [1.82, 2.24) is 25.5 Å². The summed E-state index contributed by atoms with van der Waals surface area (Å²) in [5, 5.41) is 15.9. The van der Waals surface area contributed by atoms with Crippen LogP contribution in [0.3, 0.4) is 0 Å². The maximum atomic E-state index is 4.09. The van der Waals surface area contributed by atoms with Gasteiger partial charge in [0.05, 0.1) is 6.54 Å². The number of benzene rings is 1. The number of fused-ring (bicyclic) bond motifs is 1. The third-order valence-corrected chi connectivity index (χ3v) is 4.57. The molecule has 1 heterocycles. The summed E-state index contributed by atoms with van der Waals surface area (Å²) in [5.74, 6) is 1.70. The molecule has 0 saturated heterocycles. The number of hydrogen-bond acceptors (Lipinski definition) is 5. The summed E-state index contributed by atoms with van der Waals surface area (Å²) >= 11 is 1.75. The van der Waals surface area contributed by atoms with Gasteiger partial charge in [0.25, 0.3) is 0 Å². The monoisotopic (exact) mass is 275 g/mol. The van der Waals surface area contributed by atoms with E-state index >= 15 is 0 Å². The number of nitrogens with zero attached hydrogens (tertiary/aromatic N) is 4. The molecule has 0 saturated carbocycles. The van der Waals surface area contributed by atoms with Crippen molar-refractivity contribution < 1.29 is 0 Å². The van der Waals surface area contributed by atoms with Crippen LogP contribution in [0.15, 0.2) is 29.4 Å². The first kappa shape index (κ1) is 12.6. The number of hydrogen-bond donors (Lipinski definition) is 1. The number of thioether (sulfide) groups is 1. The van der Waals surface area contributed by atoms with E-state index in [1.54, 1.807) is 11.8 Å². The first-order valence-corrected chi connectivity index (χ1v) is 7.48. The number of tetrazole rings is 1. The van der Waals surface area contributed by atoms with Gasteiger partial charge in [-0.05, 0) is 40.9 Å². The minimum absolute atomic E-state index is 0.649. The number of aromatic nitrogens is 4. The lowest BCUT2D eigenvalue weighted by Crippen LogP contribution is -2.20. The number of likely N-dealkylation sites (N-methyl/N-ethyl adjacent to an activating group) is 1. The molecule has 6 heteroatoms. The lowest BCUT2D eigenvalue weighted by molar-refractivity contribution is 0.529. The summed E-state index contributed by atoms with van der Waals surface area (Å²) in [6.45, 7) is 1.69. The largest absolute Gasteiger partial charge is 0.318 e. The Morgan fingerprint density at radius 3 is 3.16 bits per heavy atom. The quantitative estimate of drug-likeness (QED) is 0.806. The van der Waals surface area contributed by atoms with Crippen LogP contribution in [0.1, 0.15) is 17.0 Å². The van der Waals surface area contributed by atoms with E-state index in [9.17, 15) is 0 Å². The highest BCUT2D eigenvalue weighted by Gasteiger charge is 2.25. The van der Waals surface area contributed by atoms with E-state index in [1.165, 1.54) is 17.5 Å². The lowest BCUT2D eigenvalue weighted by atomic mass is 9.79. The Bertz CT molecular complexity index is 553. The minimum atomic E-state index is 0.649. The Labute approximate surface area is 116 Å². The molecular weight excluding hydrogens is 258 g/mol. The smallest absolute Gasteiger partial charge is 0.209 e. The zero-order valence-corrected chi connectivity index (χ0v) is 11.7. The molecule has 100 valence electrons. The summed E-state index contributed by atoms with van der Waals surface area (Å²) in [6.07, 6.45) is 1.18. The molecule has 5 nitrogen and oxygen atoms in total. The molecule has 1 atom stereocenters. The third kappa shape index (κ3) is 2.64. The zero-order chi connectivity index (χ0) is 13.1. The number of rotatable bonds is 6. The van der Waals surface area contributed by atoms with E-state index in [0.29, 0.717) is 5.92 Å². The average molecular weight is 275 g/mol. The van der Waals surface area contributed by atoms with Crippen LogP contribution in [-0.2, 0) is 13.0 Å². The maximum absolute atomic E-state index is 4.09. The summed E-state index contributed by atoms with van der Waals surface area (Å²) in [5.41, 5.74) is 2.98. The van der Waals surface area contributed by atoms with Gasteiger partial charge in [-0.25, -0.2) is 4.68 Å². The van der Waals surface area contributed by atoms with E-state index in [1.807, 2.05) is 11.7 Å². The summed E-state index contributed by atoms with van der Waals surface area (Å²) in [7, 11) is 1.93. The van der Waals surface area contributed by atoms with Crippen molar-refractivity contribution in [3.8, 4) is 0 Å². The topological polar surface area (TPSA) is 55.6 Å². The Balaban J connectivity index is 1.58. The van der Waals surface area contributed by atoms with Gasteiger partial charge < -0.3 is 5.32 Å². The van der Waals surface area contributed by atoms with Crippen LogP contribution in [0.25, 0.3) is 0 Å². The zero-order valence-electron chi connectivity index (χ0n) is 10.9. The van der Waals surface area contributed by atoms with Gasteiger partial charge in [0.1, 0.15) is 0 Å². The second-order valence-electron chi connectivity index (χ2n) is 4.70. The molecule has 0 bridgehead atoms. The molecule has 1 N–H and O–H groups in total. The van der Waals surface area contributed by atoms with E-state index in [4.69, 9.17) is 0 Å². The van der Waals surface area contributed by atoms with Crippen molar-refractivity contribution in [2.45, 2.75) is 24.0 Å². The summed E-state index contributed by atoms with van der Waals surface area (Å²) in [6, 6.07) is 8.68.